The Bertz CT molecular complexity index is 942. The van der Waals surface area contributed by atoms with Gasteiger partial charge in [-0.2, -0.15) is 0 Å². The number of methoxy groups -OCH3 is 1. The number of para-hydroxylation sites is 1. The molecule has 0 spiro atoms. The molecule has 3 aromatic rings. The number of halogens is 1. The lowest BCUT2D eigenvalue weighted by molar-refractivity contribution is -0.858. The number of amides is 1. The summed E-state index contributed by atoms with van der Waals surface area (Å²) in [6.45, 7) is 1.46. The van der Waals surface area contributed by atoms with Crippen LogP contribution in [0.25, 0.3) is 10.2 Å². The molecule has 0 radical (unpaired) electrons. The second-order valence-electron chi connectivity index (χ2n) is 6.58. The van der Waals surface area contributed by atoms with Gasteiger partial charge in [0.15, 0.2) is 5.13 Å². The average molecular weight is 388 g/mol. The van der Waals surface area contributed by atoms with Gasteiger partial charge in [-0.05, 0) is 30.3 Å². The van der Waals surface area contributed by atoms with Gasteiger partial charge in [0, 0.05) is 13.0 Å². The summed E-state index contributed by atoms with van der Waals surface area (Å²) in [4.78, 5) is 20.8. The lowest BCUT2D eigenvalue weighted by atomic mass is 10.1. The molecule has 0 aliphatic heterocycles. The van der Waals surface area contributed by atoms with Crippen LogP contribution < -0.4 is 14.5 Å². The van der Waals surface area contributed by atoms with Crippen LogP contribution in [-0.4, -0.2) is 45.2 Å². The highest BCUT2D eigenvalue weighted by Gasteiger charge is 2.24. The first kappa shape index (κ1) is 19.3. The third kappa shape index (κ3) is 4.43. The molecule has 0 aliphatic rings. The molecule has 0 aliphatic carbocycles. The molecule has 0 fully saturated rings. The van der Waals surface area contributed by atoms with Crippen LogP contribution in [-0.2, 0) is 0 Å². The van der Waals surface area contributed by atoms with Crippen LogP contribution in [0.4, 0.5) is 9.52 Å². The number of aromatic nitrogens is 1. The maximum Gasteiger partial charge on any atom is 0.263 e. The number of rotatable bonds is 7. The zero-order valence-corrected chi connectivity index (χ0v) is 16.5. The lowest BCUT2D eigenvalue weighted by Gasteiger charge is -2.21. The Morgan fingerprint density at radius 1 is 1.26 bits per heavy atom. The first-order chi connectivity index (χ1) is 13.0. The molecule has 3 rings (SSSR count). The highest BCUT2D eigenvalue weighted by atomic mass is 32.1. The number of ether oxygens (including phenoxy) is 1. The fraction of sp³-hybridized carbons (Fsp3) is 0.300. The van der Waals surface area contributed by atoms with Gasteiger partial charge in [-0.25, -0.2) is 9.37 Å². The number of carbonyl (C=O) groups is 1. The van der Waals surface area contributed by atoms with Crippen molar-refractivity contribution in [2.45, 2.75) is 6.42 Å². The van der Waals surface area contributed by atoms with Gasteiger partial charge < -0.3 is 9.64 Å². The van der Waals surface area contributed by atoms with Crippen LogP contribution in [0, 0.1) is 5.82 Å². The average Bonchev–Trinajstić information content (AvgIpc) is 3.07. The molecule has 142 valence electrons. The van der Waals surface area contributed by atoms with Gasteiger partial charge in [0.1, 0.15) is 11.6 Å². The van der Waals surface area contributed by atoms with E-state index in [0.29, 0.717) is 28.5 Å². The Morgan fingerprint density at radius 2 is 2.04 bits per heavy atom. The molecule has 1 amide bonds. The molecule has 0 unspecified atom stereocenters. The summed E-state index contributed by atoms with van der Waals surface area (Å²) in [5.74, 6) is 0.0511. The van der Waals surface area contributed by atoms with Gasteiger partial charge in [-0.1, -0.05) is 23.5 Å². The molecule has 1 heterocycles. The Hall–Kier alpha value is -2.51. The van der Waals surface area contributed by atoms with Crippen LogP contribution in [0.1, 0.15) is 16.8 Å². The number of carbonyl (C=O) groups excluding carboxylic acids is 1. The predicted molar refractivity (Wildman–Crippen MR) is 107 cm³/mol. The summed E-state index contributed by atoms with van der Waals surface area (Å²) in [7, 11) is 5.70. The topological polar surface area (TPSA) is 46.9 Å². The maximum atomic E-state index is 13.5. The molecule has 0 saturated carbocycles. The fourth-order valence-electron chi connectivity index (χ4n) is 2.84. The fourth-order valence-corrected chi connectivity index (χ4v) is 3.86. The molecule has 0 saturated heterocycles. The molecule has 0 bridgehead atoms. The number of hydrogen-bond donors (Lipinski definition) is 1. The second-order valence-corrected chi connectivity index (χ2v) is 7.59. The minimum Gasteiger partial charge on any atom is -0.496 e. The minimum absolute atomic E-state index is 0.166. The van der Waals surface area contributed by atoms with E-state index in [0.717, 1.165) is 17.7 Å². The van der Waals surface area contributed by atoms with E-state index in [4.69, 9.17) is 4.74 Å². The zero-order valence-electron chi connectivity index (χ0n) is 15.7. The number of fused-ring (bicyclic) bond motifs is 1. The molecule has 2 aromatic carbocycles. The van der Waals surface area contributed by atoms with Gasteiger partial charge >= 0.3 is 0 Å². The first-order valence-corrected chi connectivity index (χ1v) is 9.61. The monoisotopic (exact) mass is 388 g/mol. The Kier molecular flexibility index (Phi) is 6.03. The summed E-state index contributed by atoms with van der Waals surface area (Å²) in [5.41, 5.74) is 1.18. The number of hydrogen-bond acceptors (Lipinski definition) is 4. The van der Waals surface area contributed by atoms with Crippen molar-refractivity contribution in [2.24, 2.45) is 0 Å². The third-order valence-electron chi connectivity index (χ3n) is 4.21. The first-order valence-electron chi connectivity index (χ1n) is 8.79. The third-order valence-corrected chi connectivity index (χ3v) is 5.25. The maximum absolute atomic E-state index is 13.5. The summed E-state index contributed by atoms with van der Waals surface area (Å²) < 4.78 is 19.6. The van der Waals surface area contributed by atoms with Crippen LogP contribution in [0.2, 0.25) is 0 Å². The van der Waals surface area contributed by atoms with E-state index in [1.54, 1.807) is 30.2 Å². The SMILES string of the molecule is COc1ccccc1C(=O)N(CCC[NH+](C)C)c1nc2ccc(F)cc2s1. The number of anilines is 1. The van der Waals surface area contributed by atoms with E-state index >= 15 is 0 Å². The largest absolute Gasteiger partial charge is 0.496 e. The van der Waals surface area contributed by atoms with Gasteiger partial charge in [-0.15, -0.1) is 0 Å². The number of nitrogens with one attached hydrogen (secondary N) is 1. The number of quaternary nitrogens is 1. The van der Waals surface area contributed by atoms with Crippen molar-refractivity contribution in [1.29, 1.82) is 0 Å². The summed E-state index contributed by atoms with van der Waals surface area (Å²) in [6, 6.07) is 11.6. The summed E-state index contributed by atoms with van der Waals surface area (Å²) >= 11 is 1.32. The molecular formula is C20H23FN3O2S+. The Morgan fingerprint density at radius 3 is 2.78 bits per heavy atom. The minimum atomic E-state index is -0.309. The highest BCUT2D eigenvalue weighted by Crippen LogP contribution is 2.31. The van der Waals surface area contributed by atoms with Gasteiger partial charge in [-0.3, -0.25) is 9.69 Å². The van der Waals surface area contributed by atoms with Crippen LogP contribution in [0.3, 0.4) is 0 Å². The predicted octanol–water partition coefficient (Wildman–Crippen LogP) is 2.63. The van der Waals surface area contributed by atoms with Crippen molar-refractivity contribution in [2.75, 3.05) is 39.2 Å². The standard InChI is InChI=1S/C20H22FN3O2S/c1-23(2)11-6-12-24(19(25)15-7-4-5-8-17(15)26-3)20-22-16-10-9-14(21)13-18(16)27-20/h4-5,7-10,13H,6,11-12H2,1-3H3/p+1. The number of nitrogens with zero attached hydrogens (tertiary/aromatic N) is 2. The number of thiazole rings is 1. The van der Waals surface area contributed by atoms with Gasteiger partial charge in [0.2, 0.25) is 0 Å². The van der Waals surface area contributed by atoms with E-state index in [1.807, 2.05) is 12.1 Å². The van der Waals surface area contributed by atoms with E-state index in [-0.39, 0.29) is 11.7 Å². The highest BCUT2D eigenvalue weighted by molar-refractivity contribution is 7.22. The molecule has 27 heavy (non-hydrogen) atoms. The van der Waals surface area contributed by atoms with Crippen molar-refractivity contribution < 1.29 is 18.8 Å². The van der Waals surface area contributed by atoms with Crippen LogP contribution >= 0.6 is 11.3 Å². The summed E-state index contributed by atoms with van der Waals surface area (Å²) in [6.07, 6.45) is 0.827. The Balaban J connectivity index is 1.97. The molecule has 1 N–H and O–H groups in total. The summed E-state index contributed by atoms with van der Waals surface area (Å²) in [5, 5.41) is 0.570. The van der Waals surface area contributed by atoms with E-state index < -0.39 is 0 Å². The smallest absolute Gasteiger partial charge is 0.263 e. The molecule has 5 nitrogen and oxygen atoms in total. The van der Waals surface area contributed by atoms with Gasteiger partial charge in [0.05, 0.1) is 43.5 Å². The van der Waals surface area contributed by atoms with Crippen LogP contribution in [0.15, 0.2) is 42.5 Å². The second kappa shape index (κ2) is 8.45. The lowest BCUT2D eigenvalue weighted by Crippen LogP contribution is -3.05. The quantitative estimate of drug-likeness (QED) is 0.677. The van der Waals surface area contributed by atoms with E-state index in [2.05, 4.69) is 19.1 Å². The normalized spacial score (nSPS) is 11.1. The Labute approximate surface area is 162 Å². The molecule has 1 aromatic heterocycles. The van der Waals surface area contributed by atoms with Gasteiger partial charge in [0.25, 0.3) is 5.91 Å². The molecule has 7 heteroatoms. The molecule has 0 atom stereocenters. The zero-order chi connectivity index (χ0) is 19.4. The van der Waals surface area contributed by atoms with Crippen molar-refractivity contribution in [3.63, 3.8) is 0 Å². The van der Waals surface area contributed by atoms with Crippen molar-refractivity contribution >= 4 is 32.6 Å². The van der Waals surface area contributed by atoms with E-state index in [9.17, 15) is 9.18 Å². The van der Waals surface area contributed by atoms with Crippen LogP contribution in [0.5, 0.6) is 5.75 Å². The number of benzene rings is 2. The molecular weight excluding hydrogens is 365 g/mol. The van der Waals surface area contributed by atoms with E-state index in [1.165, 1.54) is 28.4 Å². The van der Waals surface area contributed by atoms with Crippen molar-refractivity contribution in [1.82, 2.24) is 4.98 Å². The van der Waals surface area contributed by atoms with Crippen molar-refractivity contribution in [3.05, 3.63) is 53.8 Å². The van der Waals surface area contributed by atoms with Crippen molar-refractivity contribution in [3.8, 4) is 5.75 Å².